The molecule has 3 aromatic rings. The van der Waals surface area contributed by atoms with Crippen LogP contribution >= 0.6 is 0 Å². The first-order chi connectivity index (χ1) is 11.9. The summed E-state index contributed by atoms with van der Waals surface area (Å²) in [5.74, 6) is 1.15. The summed E-state index contributed by atoms with van der Waals surface area (Å²) >= 11 is 0. The monoisotopic (exact) mass is 321 g/mol. The van der Waals surface area contributed by atoms with Gasteiger partial charge >= 0.3 is 0 Å². The molecule has 2 aromatic carbocycles. The van der Waals surface area contributed by atoms with Gasteiger partial charge in [-0.3, -0.25) is 4.90 Å². The van der Waals surface area contributed by atoms with Crippen molar-refractivity contribution in [2.75, 3.05) is 19.7 Å². The predicted molar refractivity (Wildman–Crippen MR) is 90.1 cm³/mol. The second-order valence-corrected chi connectivity index (χ2v) is 5.90. The van der Waals surface area contributed by atoms with Crippen LogP contribution in [0.4, 0.5) is 0 Å². The molecule has 0 spiro atoms. The molecule has 24 heavy (non-hydrogen) atoms. The third-order valence-corrected chi connectivity index (χ3v) is 4.15. The first-order valence-electron chi connectivity index (χ1n) is 8.15. The lowest BCUT2D eigenvalue weighted by atomic mass is 10.2. The number of nitrogens with zero attached hydrogens (tertiary/aromatic N) is 3. The normalized spacial score (nSPS) is 18.6. The molecule has 1 aliphatic heterocycles. The van der Waals surface area contributed by atoms with Crippen molar-refractivity contribution < 1.29 is 9.26 Å². The van der Waals surface area contributed by atoms with Crippen LogP contribution in [-0.2, 0) is 11.3 Å². The Kier molecular flexibility index (Phi) is 4.36. The Balaban J connectivity index is 1.45. The van der Waals surface area contributed by atoms with Crippen LogP contribution in [-0.4, -0.2) is 34.7 Å². The molecular weight excluding hydrogens is 302 g/mol. The molecule has 1 saturated heterocycles. The zero-order valence-electron chi connectivity index (χ0n) is 13.3. The summed E-state index contributed by atoms with van der Waals surface area (Å²) in [6.07, 6.45) is -0.149. The maximum Gasteiger partial charge on any atom is 0.258 e. The van der Waals surface area contributed by atoms with Crippen LogP contribution < -0.4 is 0 Å². The van der Waals surface area contributed by atoms with E-state index in [9.17, 15) is 0 Å². The second-order valence-electron chi connectivity index (χ2n) is 5.90. The van der Waals surface area contributed by atoms with Gasteiger partial charge in [0.1, 0.15) is 6.10 Å². The van der Waals surface area contributed by atoms with E-state index in [0.717, 1.165) is 25.2 Å². The zero-order valence-corrected chi connectivity index (χ0v) is 13.3. The van der Waals surface area contributed by atoms with E-state index >= 15 is 0 Å². The Morgan fingerprint density at radius 3 is 2.54 bits per heavy atom. The third-order valence-electron chi connectivity index (χ3n) is 4.15. The molecule has 1 atom stereocenters. The van der Waals surface area contributed by atoms with E-state index in [1.165, 1.54) is 5.56 Å². The van der Waals surface area contributed by atoms with Crippen LogP contribution in [0.15, 0.2) is 65.2 Å². The molecule has 4 rings (SSSR count). The van der Waals surface area contributed by atoms with E-state index in [4.69, 9.17) is 9.26 Å². The van der Waals surface area contributed by atoms with Gasteiger partial charge < -0.3 is 9.26 Å². The van der Waals surface area contributed by atoms with Gasteiger partial charge in [0.15, 0.2) is 0 Å². The molecule has 5 heteroatoms. The maximum atomic E-state index is 5.85. The molecule has 0 bridgehead atoms. The minimum atomic E-state index is -0.149. The van der Waals surface area contributed by atoms with Gasteiger partial charge in [0.05, 0.1) is 6.61 Å². The summed E-state index contributed by atoms with van der Waals surface area (Å²) in [4.78, 5) is 6.88. The van der Waals surface area contributed by atoms with Crippen molar-refractivity contribution in [3.8, 4) is 11.5 Å². The summed E-state index contributed by atoms with van der Waals surface area (Å²) in [7, 11) is 0. The van der Waals surface area contributed by atoms with Crippen molar-refractivity contribution in [2.24, 2.45) is 0 Å². The smallest absolute Gasteiger partial charge is 0.258 e. The van der Waals surface area contributed by atoms with E-state index in [1.807, 2.05) is 36.4 Å². The fourth-order valence-electron chi connectivity index (χ4n) is 2.91. The van der Waals surface area contributed by atoms with Gasteiger partial charge in [0.2, 0.25) is 5.82 Å². The Labute approximate surface area is 140 Å². The van der Waals surface area contributed by atoms with Crippen molar-refractivity contribution >= 4 is 0 Å². The Bertz CT molecular complexity index is 774. The summed E-state index contributed by atoms with van der Waals surface area (Å²) < 4.78 is 11.3. The van der Waals surface area contributed by atoms with Gasteiger partial charge in [-0.2, -0.15) is 4.98 Å². The van der Waals surface area contributed by atoms with Crippen LogP contribution in [0.5, 0.6) is 0 Å². The molecule has 122 valence electrons. The highest BCUT2D eigenvalue weighted by atomic mass is 16.5. The van der Waals surface area contributed by atoms with E-state index in [2.05, 4.69) is 39.3 Å². The average molecular weight is 321 g/mol. The highest BCUT2D eigenvalue weighted by Crippen LogP contribution is 2.24. The number of ether oxygens (including phenoxy) is 1. The SMILES string of the molecule is c1ccc(CN2CCOC(c3noc(-c4ccccc4)n3)C2)cc1. The Hall–Kier alpha value is -2.50. The van der Waals surface area contributed by atoms with E-state index in [-0.39, 0.29) is 6.10 Å². The molecular formula is C19H19N3O2. The topological polar surface area (TPSA) is 51.4 Å². The highest BCUT2D eigenvalue weighted by molar-refractivity contribution is 5.52. The van der Waals surface area contributed by atoms with Crippen LogP contribution in [0.3, 0.4) is 0 Å². The van der Waals surface area contributed by atoms with Gasteiger partial charge in [-0.1, -0.05) is 53.7 Å². The minimum Gasteiger partial charge on any atom is -0.367 e. The largest absolute Gasteiger partial charge is 0.367 e. The lowest BCUT2D eigenvalue weighted by Crippen LogP contribution is -2.38. The van der Waals surface area contributed by atoms with Crippen molar-refractivity contribution in [1.29, 1.82) is 0 Å². The number of hydrogen-bond donors (Lipinski definition) is 0. The fourth-order valence-corrected chi connectivity index (χ4v) is 2.91. The van der Waals surface area contributed by atoms with Gasteiger partial charge in [-0.25, -0.2) is 0 Å². The molecule has 1 fully saturated rings. The first kappa shape index (κ1) is 15.1. The standard InChI is InChI=1S/C19H19N3O2/c1-3-7-15(8-4-1)13-22-11-12-23-17(14-22)18-20-19(24-21-18)16-9-5-2-6-10-16/h1-10,17H,11-14H2. The molecule has 0 amide bonds. The Morgan fingerprint density at radius 2 is 1.75 bits per heavy atom. The molecule has 0 N–H and O–H groups in total. The summed E-state index contributed by atoms with van der Waals surface area (Å²) in [6, 6.07) is 20.3. The van der Waals surface area contributed by atoms with Crippen molar-refractivity contribution in [1.82, 2.24) is 15.0 Å². The lowest BCUT2D eigenvalue weighted by molar-refractivity contribution is -0.0380. The van der Waals surface area contributed by atoms with Crippen molar-refractivity contribution in [3.05, 3.63) is 72.1 Å². The van der Waals surface area contributed by atoms with Crippen LogP contribution in [0, 0.1) is 0 Å². The van der Waals surface area contributed by atoms with Gasteiger partial charge in [-0.15, -0.1) is 0 Å². The van der Waals surface area contributed by atoms with Crippen molar-refractivity contribution in [2.45, 2.75) is 12.6 Å². The van der Waals surface area contributed by atoms with Gasteiger partial charge in [-0.05, 0) is 17.7 Å². The molecule has 0 saturated carbocycles. The van der Waals surface area contributed by atoms with Crippen LogP contribution in [0.1, 0.15) is 17.5 Å². The highest BCUT2D eigenvalue weighted by Gasteiger charge is 2.26. The first-order valence-corrected chi connectivity index (χ1v) is 8.15. The summed E-state index contributed by atoms with van der Waals surface area (Å²) in [5.41, 5.74) is 2.23. The minimum absolute atomic E-state index is 0.149. The van der Waals surface area contributed by atoms with E-state index in [1.54, 1.807) is 0 Å². The maximum absolute atomic E-state index is 5.85. The number of hydrogen-bond acceptors (Lipinski definition) is 5. The van der Waals surface area contributed by atoms with Gasteiger partial charge in [0, 0.05) is 25.2 Å². The predicted octanol–water partition coefficient (Wildman–Crippen LogP) is 3.31. The van der Waals surface area contributed by atoms with E-state index < -0.39 is 0 Å². The van der Waals surface area contributed by atoms with Crippen LogP contribution in [0.25, 0.3) is 11.5 Å². The number of rotatable bonds is 4. The quantitative estimate of drug-likeness (QED) is 0.738. The Morgan fingerprint density at radius 1 is 1.00 bits per heavy atom. The number of aromatic nitrogens is 2. The molecule has 0 radical (unpaired) electrons. The third kappa shape index (κ3) is 3.37. The summed E-state index contributed by atoms with van der Waals surface area (Å²) in [5, 5.41) is 4.12. The molecule has 0 aliphatic carbocycles. The number of morpholine rings is 1. The van der Waals surface area contributed by atoms with Gasteiger partial charge in [0.25, 0.3) is 5.89 Å². The average Bonchev–Trinajstić information content (AvgIpc) is 3.14. The van der Waals surface area contributed by atoms with Crippen molar-refractivity contribution in [3.63, 3.8) is 0 Å². The zero-order chi connectivity index (χ0) is 16.2. The lowest BCUT2D eigenvalue weighted by Gasteiger charge is -2.31. The molecule has 5 nitrogen and oxygen atoms in total. The van der Waals surface area contributed by atoms with Crippen LogP contribution in [0.2, 0.25) is 0 Å². The second kappa shape index (κ2) is 6.95. The molecule has 2 heterocycles. The number of benzene rings is 2. The van der Waals surface area contributed by atoms with E-state index in [0.29, 0.717) is 18.3 Å². The molecule has 1 unspecified atom stereocenters. The fraction of sp³-hybridized carbons (Fsp3) is 0.263. The molecule has 1 aromatic heterocycles. The molecule has 1 aliphatic rings. The summed E-state index contributed by atoms with van der Waals surface area (Å²) in [6.45, 7) is 3.26.